The number of anilines is 1. The summed E-state index contributed by atoms with van der Waals surface area (Å²) in [6, 6.07) is 13.9. The van der Waals surface area contributed by atoms with Crippen LogP contribution in [0.5, 0.6) is 0 Å². The van der Waals surface area contributed by atoms with Crippen molar-refractivity contribution in [2.45, 2.75) is 32.3 Å². The van der Waals surface area contributed by atoms with Crippen LogP contribution in [0.4, 0.5) is 5.82 Å². The predicted molar refractivity (Wildman–Crippen MR) is 116 cm³/mol. The molecule has 0 bridgehead atoms. The number of carbonyl (C=O) groups is 1. The molecule has 2 saturated heterocycles. The van der Waals surface area contributed by atoms with Crippen LogP contribution in [0.25, 0.3) is 11.0 Å². The second kappa shape index (κ2) is 7.43. The van der Waals surface area contributed by atoms with E-state index in [1.165, 1.54) is 0 Å². The fourth-order valence-electron chi connectivity index (χ4n) is 4.69. The molecule has 2 aromatic heterocycles. The van der Waals surface area contributed by atoms with Gasteiger partial charge in [-0.05, 0) is 44.9 Å². The highest BCUT2D eigenvalue weighted by atomic mass is 16.5. The average Bonchev–Trinajstić information content (AvgIpc) is 3.11. The van der Waals surface area contributed by atoms with Crippen molar-refractivity contribution in [1.82, 2.24) is 9.88 Å². The first kappa shape index (κ1) is 19.1. The van der Waals surface area contributed by atoms with Crippen LogP contribution in [0.3, 0.4) is 0 Å². The van der Waals surface area contributed by atoms with E-state index >= 15 is 0 Å². The number of fused-ring (bicyclic) bond motifs is 1. The number of hydrogen-bond donors (Lipinski definition) is 0. The van der Waals surface area contributed by atoms with Crippen molar-refractivity contribution in [1.29, 1.82) is 0 Å². The minimum atomic E-state index is -0.219. The van der Waals surface area contributed by atoms with Gasteiger partial charge in [-0.25, -0.2) is 4.98 Å². The third-order valence-corrected chi connectivity index (χ3v) is 6.45. The molecule has 6 nitrogen and oxygen atoms in total. The Morgan fingerprint density at radius 3 is 2.60 bits per heavy atom. The van der Waals surface area contributed by atoms with Gasteiger partial charge in [-0.3, -0.25) is 4.79 Å². The van der Waals surface area contributed by atoms with Crippen LogP contribution in [0.2, 0.25) is 0 Å². The summed E-state index contributed by atoms with van der Waals surface area (Å²) in [7, 11) is 0. The van der Waals surface area contributed by atoms with Gasteiger partial charge in [0, 0.05) is 42.8 Å². The van der Waals surface area contributed by atoms with Crippen molar-refractivity contribution >= 4 is 22.7 Å². The molecule has 3 aromatic rings. The van der Waals surface area contributed by atoms with E-state index < -0.39 is 0 Å². The zero-order valence-electron chi connectivity index (χ0n) is 17.6. The standard InChI is InChI=1S/C24H27N3O3/c1-17-6-5-9-21(25-17)27-14-15-29-24(16-27)10-12-26(13-11-24)23(28)22-18(2)19-7-3-4-8-20(19)30-22/h3-9H,10-16H2,1-2H3. The van der Waals surface area contributed by atoms with E-state index in [-0.39, 0.29) is 11.5 Å². The minimum absolute atomic E-state index is 0.0217. The van der Waals surface area contributed by atoms with E-state index in [2.05, 4.69) is 22.0 Å². The lowest BCUT2D eigenvalue weighted by molar-refractivity contribution is -0.0872. The summed E-state index contributed by atoms with van der Waals surface area (Å²) in [4.78, 5) is 22.1. The number of aromatic nitrogens is 1. The highest BCUT2D eigenvalue weighted by Crippen LogP contribution is 2.33. The Morgan fingerprint density at radius 1 is 1.03 bits per heavy atom. The molecule has 2 aliphatic heterocycles. The smallest absolute Gasteiger partial charge is 0.289 e. The molecule has 0 N–H and O–H groups in total. The van der Waals surface area contributed by atoms with Crippen molar-refractivity contribution < 1.29 is 13.9 Å². The van der Waals surface area contributed by atoms with Crippen molar-refractivity contribution in [2.75, 3.05) is 37.7 Å². The third-order valence-electron chi connectivity index (χ3n) is 6.45. The Morgan fingerprint density at radius 2 is 1.83 bits per heavy atom. The van der Waals surface area contributed by atoms with Gasteiger partial charge in [-0.2, -0.15) is 0 Å². The molecule has 0 unspecified atom stereocenters. The van der Waals surface area contributed by atoms with Crippen LogP contribution < -0.4 is 4.90 Å². The zero-order valence-corrected chi connectivity index (χ0v) is 17.6. The first-order valence-electron chi connectivity index (χ1n) is 10.6. The maximum absolute atomic E-state index is 13.2. The molecule has 156 valence electrons. The molecule has 0 aliphatic carbocycles. The fraction of sp³-hybridized carbons (Fsp3) is 0.417. The molecule has 5 rings (SSSR count). The van der Waals surface area contributed by atoms with E-state index in [1.54, 1.807) is 0 Å². The number of morpholine rings is 1. The van der Waals surface area contributed by atoms with Gasteiger partial charge in [0.1, 0.15) is 11.4 Å². The summed E-state index contributed by atoms with van der Waals surface area (Å²) in [5, 5.41) is 1.01. The van der Waals surface area contributed by atoms with Gasteiger partial charge in [0.25, 0.3) is 5.91 Å². The van der Waals surface area contributed by atoms with E-state index in [0.29, 0.717) is 25.5 Å². The molecule has 0 radical (unpaired) electrons. The summed E-state index contributed by atoms with van der Waals surface area (Å²) >= 11 is 0. The van der Waals surface area contributed by atoms with E-state index in [9.17, 15) is 4.79 Å². The second-order valence-corrected chi connectivity index (χ2v) is 8.43. The lowest BCUT2D eigenvalue weighted by Gasteiger charge is -2.47. The molecule has 0 atom stereocenters. The van der Waals surface area contributed by atoms with Gasteiger partial charge in [0.2, 0.25) is 0 Å². The molecular weight excluding hydrogens is 378 g/mol. The van der Waals surface area contributed by atoms with Crippen molar-refractivity contribution in [3.63, 3.8) is 0 Å². The first-order chi connectivity index (χ1) is 14.5. The normalized spacial score (nSPS) is 18.9. The number of furan rings is 1. The third kappa shape index (κ3) is 3.35. The van der Waals surface area contributed by atoms with Crippen LogP contribution in [-0.2, 0) is 4.74 Å². The molecule has 2 fully saturated rings. The number of aryl methyl sites for hydroxylation is 2. The van der Waals surface area contributed by atoms with E-state index in [1.807, 2.05) is 49.1 Å². The predicted octanol–water partition coefficient (Wildman–Crippen LogP) is 3.96. The number of amides is 1. The minimum Gasteiger partial charge on any atom is -0.451 e. The highest BCUT2D eigenvalue weighted by Gasteiger charge is 2.41. The average molecular weight is 405 g/mol. The van der Waals surface area contributed by atoms with E-state index in [0.717, 1.165) is 54.0 Å². The van der Waals surface area contributed by atoms with Crippen LogP contribution in [-0.4, -0.2) is 54.2 Å². The molecule has 1 amide bonds. The molecule has 1 aromatic carbocycles. The van der Waals surface area contributed by atoms with Crippen LogP contribution in [0, 0.1) is 13.8 Å². The highest BCUT2D eigenvalue weighted by molar-refractivity contribution is 5.99. The van der Waals surface area contributed by atoms with Crippen molar-refractivity contribution in [3.05, 3.63) is 59.5 Å². The Hall–Kier alpha value is -2.86. The maximum atomic E-state index is 13.2. The van der Waals surface area contributed by atoms with Crippen molar-refractivity contribution in [2.24, 2.45) is 0 Å². The lowest BCUT2D eigenvalue weighted by Crippen LogP contribution is -2.57. The van der Waals surface area contributed by atoms with Crippen LogP contribution in [0.15, 0.2) is 46.9 Å². The molecule has 30 heavy (non-hydrogen) atoms. The molecule has 1 spiro atoms. The van der Waals surface area contributed by atoms with Gasteiger partial charge in [-0.1, -0.05) is 24.3 Å². The Kier molecular flexibility index (Phi) is 4.74. The number of benzene rings is 1. The molecule has 2 aliphatic rings. The second-order valence-electron chi connectivity index (χ2n) is 8.43. The summed E-state index contributed by atoms with van der Waals surface area (Å²) in [5.41, 5.74) is 2.49. The van der Waals surface area contributed by atoms with Gasteiger partial charge in [0.15, 0.2) is 5.76 Å². The summed E-state index contributed by atoms with van der Waals surface area (Å²) in [6.45, 7) is 7.67. The summed E-state index contributed by atoms with van der Waals surface area (Å²) in [6.07, 6.45) is 1.64. The molecule has 0 saturated carbocycles. The topological polar surface area (TPSA) is 58.8 Å². The van der Waals surface area contributed by atoms with Crippen LogP contribution >= 0.6 is 0 Å². The van der Waals surface area contributed by atoms with Crippen LogP contribution in [0.1, 0.15) is 34.7 Å². The van der Waals surface area contributed by atoms with Gasteiger partial charge in [0.05, 0.1) is 12.2 Å². The number of nitrogens with zero attached hydrogens (tertiary/aromatic N) is 3. The van der Waals surface area contributed by atoms with Gasteiger partial charge < -0.3 is 19.0 Å². The maximum Gasteiger partial charge on any atom is 0.289 e. The molecular formula is C24H27N3O3. The Labute approximate surface area is 176 Å². The number of piperidine rings is 1. The fourth-order valence-corrected chi connectivity index (χ4v) is 4.69. The van der Waals surface area contributed by atoms with Gasteiger partial charge >= 0.3 is 0 Å². The number of likely N-dealkylation sites (tertiary alicyclic amines) is 1. The quantitative estimate of drug-likeness (QED) is 0.646. The summed E-state index contributed by atoms with van der Waals surface area (Å²) in [5.74, 6) is 1.45. The number of carbonyl (C=O) groups excluding carboxylic acids is 1. The molecule has 4 heterocycles. The first-order valence-corrected chi connectivity index (χ1v) is 10.6. The number of pyridine rings is 1. The lowest BCUT2D eigenvalue weighted by atomic mass is 9.89. The summed E-state index contributed by atoms with van der Waals surface area (Å²) < 4.78 is 12.2. The number of hydrogen-bond acceptors (Lipinski definition) is 5. The number of para-hydroxylation sites is 1. The molecule has 6 heteroatoms. The van der Waals surface area contributed by atoms with Crippen molar-refractivity contribution in [3.8, 4) is 0 Å². The number of ether oxygens (including phenoxy) is 1. The SMILES string of the molecule is Cc1cccc(N2CCOC3(CCN(C(=O)c4oc5ccccc5c4C)CC3)C2)n1. The zero-order chi connectivity index (χ0) is 20.7. The monoisotopic (exact) mass is 405 g/mol. The Bertz CT molecular complexity index is 1080. The Balaban J connectivity index is 1.29. The van der Waals surface area contributed by atoms with E-state index in [4.69, 9.17) is 9.15 Å². The number of rotatable bonds is 2. The van der Waals surface area contributed by atoms with Gasteiger partial charge in [-0.15, -0.1) is 0 Å². The largest absolute Gasteiger partial charge is 0.451 e.